The van der Waals surface area contributed by atoms with Gasteiger partial charge in [-0.2, -0.15) is 0 Å². The van der Waals surface area contributed by atoms with Gasteiger partial charge in [-0.05, 0) is 35.8 Å². The molecule has 0 fully saturated rings. The number of ketones is 1. The van der Waals surface area contributed by atoms with E-state index in [2.05, 4.69) is 0 Å². The second kappa shape index (κ2) is 8.09. The van der Waals surface area contributed by atoms with Crippen molar-refractivity contribution in [3.63, 3.8) is 0 Å². The van der Waals surface area contributed by atoms with Gasteiger partial charge in [0, 0.05) is 5.56 Å². The predicted molar refractivity (Wildman–Crippen MR) is 118 cm³/mol. The molecule has 1 amide bonds. The lowest BCUT2D eigenvalue weighted by Gasteiger charge is -2.23. The van der Waals surface area contributed by atoms with Crippen molar-refractivity contribution in [3.8, 4) is 0 Å². The third kappa shape index (κ3) is 3.70. The van der Waals surface area contributed by atoms with E-state index in [-0.39, 0.29) is 12.2 Å². The Kier molecular flexibility index (Phi) is 5.34. The number of carbonyl (C=O) groups is 2. The normalized spacial score (nSPS) is 18.1. The first kappa shape index (κ1) is 19.8. The summed E-state index contributed by atoms with van der Waals surface area (Å²) in [5, 5.41) is 11.4. The minimum atomic E-state index is -1.86. The van der Waals surface area contributed by atoms with Gasteiger partial charge in [0.15, 0.2) is 11.4 Å². The predicted octanol–water partition coefficient (Wildman–Crippen LogP) is 4.40. The Bertz CT molecular complexity index is 1120. The van der Waals surface area contributed by atoms with Crippen molar-refractivity contribution < 1.29 is 14.7 Å². The van der Waals surface area contributed by atoms with Gasteiger partial charge in [0.1, 0.15) is 0 Å². The monoisotopic (exact) mass is 397 g/mol. The van der Waals surface area contributed by atoms with Gasteiger partial charge in [0.05, 0.1) is 18.7 Å². The van der Waals surface area contributed by atoms with E-state index in [1.165, 1.54) is 6.08 Å². The lowest BCUT2D eigenvalue weighted by atomic mass is 9.89. The Hall–Kier alpha value is -3.50. The minimum absolute atomic E-state index is 0.295. The Morgan fingerprint density at radius 1 is 0.967 bits per heavy atom. The molecular formula is C26H23NO3. The zero-order chi connectivity index (χ0) is 21.1. The highest BCUT2D eigenvalue weighted by Gasteiger charge is 2.50. The second-order valence-corrected chi connectivity index (χ2v) is 7.58. The van der Waals surface area contributed by atoms with Gasteiger partial charge in [-0.25, -0.2) is 0 Å². The van der Waals surface area contributed by atoms with E-state index in [1.807, 2.05) is 73.7 Å². The molecule has 150 valence electrons. The van der Waals surface area contributed by atoms with Crippen molar-refractivity contribution in [3.05, 3.63) is 107 Å². The number of para-hydroxylation sites is 1. The highest BCUT2D eigenvalue weighted by atomic mass is 16.3. The fraction of sp³-hybridized carbons (Fsp3) is 0.154. The van der Waals surface area contributed by atoms with Gasteiger partial charge >= 0.3 is 0 Å². The molecule has 4 rings (SSSR count). The maximum atomic E-state index is 13.3. The molecule has 0 radical (unpaired) electrons. The van der Waals surface area contributed by atoms with Crippen LogP contribution >= 0.6 is 0 Å². The third-order valence-corrected chi connectivity index (χ3v) is 5.52. The summed E-state index contributed by atoms with van der Waals surface area (Å²) in [7, 11) is 0. The van der Waals surface area contributed by atoms with Crippen LogP contribution in [0, 0.1) is 6.92 Å². The van der Waals surface area contributed by atoms with Crippen molar-refractivity contribution in [2.45, 2.75) is 25.5 Å². The topological polar surface area (TPSA) is 57.6 Å². The van der Waals surface area contributed by atoms with Crippen LogP contribution in [0.1, 0.15) is 28.7 Å². The molecular weight excluding hydrogens is 374 g/mol. The van der Waals surface area contributed by atoms with Crippen LogP contribution < -0.4 is 4.90 Å². The van der Waals surface area contributed by atoms with E-state index in [0.29, 0.717) is 17.8 Å². The quantitative estimate of drug-likeness (QED) is 0.627. The highest BCUT2D eigenvalue weighted by Crippen LogP contribution is 2.43. The molecule has 1 atom stereocenters. The van der Waals surface area contributed by atoms with Gasteiger partial charge in [0.25, 0.3) is 5.91 Å². The smallest absolute Gasteiger partial charge is 0.264 e. The minimum Gasteiger partial charge on any atom is -0.375 e. The number of aryl methyl sites for hydroxylation is 1. The summed E-state index contributed by atoms with van der Waals surface area (Å²) in [5.74, 6) is -0.768. The van der Waals surface area contributed by atoms with E-state index < -0.39 is 11.5 Å². The van der Waals surface area contributed by atoms with Crippen molar-refractivity contribution in [1.82, 2.24) is 0 Å². The van der Waals surface area contributed by atoms with Crippen LogP contribution in [-0.4, -0.2) is 16.8 Å². The molecule has 0 unspecified atom stereocenters. The number of hydrogen-bond donors (Lipinski definition) is 1. The molecule has 0 spiro atoms. The maximum Gasteiger partial charge on any atom is 0.264 e. The molecule has 4 nitrogen and oxygen atoms in total. The van der Waals surface area contributed by atoms with Gasteiger partial charge < -0.3 is 10.0 Å². The molecule has 0 aliphatic carbocycles. The lowest BCUT2D eigenvalue weighted by Crippen LogP contribution is -2.41. The van der Waals surface area contributed by atoms with Crippen molar-refractivity contribution in [2.24, 2.45) is 0 Å². The number of nitrogens with zero attached hydrogens (tertiary/aromatic N) is 1. The summed E-state index contributed by atoms with van der Waals surface area (Å²) in [5.41, 5.74) is 2.22. The van der Waals surface area contributed by atoms with Crippen molar-refractivity contribution in [1.29, 1.82) is 0 Å². The largest absolute Gasteiger partial charge is 0.375 e. The van der Waals surface area contributed by atoms with Crippen LogP contribution in [0.25, 0.3) is 6.08 Å². The number of allylic oxidation sites excluding steroid dienone is 1. The Labute approximate surface area is 176 Å². The first-order chi connectivity index (χ1) is 14.5. The van der Waals surface area contributed by atoms with E-state index in [0.717, 1.165) is 16.7 Å². The summed E-state index contributed by atoms with van der Waals surface area (Å²) in [4.78, 5) is 27.5. The molecule has 0 saturated heterocycles. The number of fused-ring (bicyclic) bond motifs is 1. The summed E-state index contributed by atoms with van der Waals surface area (Å²) in [6.07, 6.45) is 2.83. The molecule has 1 aliphatic rings. The van der Waals surface area contributed by atoms with E-state index in [4.69, 9.17) is 0 Å². The maximum absolute atomic E-state index is 13.3. The molecule has 1 N–H and O–H groups in total. The molecule has 3 aromatic rings. The van der Waals surface area contributed by atoms with E-state index >= 15 is 0 Å². The van der Waals surface area contributed by atoms with Crippen LogP contribution in [-0.2, 0) is 21.7 Å². The average molecular weight is 397 g/mol. The van der Waals surface area contributed by atoms with Gasteiger partial charge in [-0.1, -0.05) is 78.9 Å². The van der Waals surface area contributed by atoms with Crippen LogP contribution in [0.5, 0.6) is 0 Å². The van der Waals surface area contributed by atoms with Crippen molar-refractivity contribution >= 4 is 23.5 Å². The van der Waals surface area contributed by atoms with Crippen LogP contribution in [0.3, 0.4) is 0 Å². The van der Waals surface area contributed by atoms with Crippen LogP contribution in [0.4, 0.5) is 5.69 Å². The van der Waals surface area contributed by atoms with E-state index in [9.17, 15) is 14.7 Å². The molecule has 30 heavy (non-hydrogen) atoms. The van der Waals surface area contributed by atoms with Gasteiger partial charge in [0.2, 0.25) is 0 Å². The standard InChI is InChI=1S/C26H23NO3/c1-19-9-5-6-12-21(19)18-27-24-14-8-7-13-23(24)26(30,25(27)29)17-22(28)16-15-20-10-3-2-4-11-20/h2-16,30H,17-18H2,1H3/b16-15-/t26-/m1/s1. The highest BCUT2D eigenvalue weighted by molar-refractivity contribution is 6.10. The van der Waals surface area contributed by atoms with Gasteiger partial charge in [-0.3, -0.25) is 9.59 Å². The Morgan fingerprint density at radius 2 is 1.63 bits per heavy atom. The first-order valence-electron chi connectivity index (χ1n) is 9.93. The SMILES string of the molecule is Cc1ccccc1CN1C(=O)[C@@](O)(CC(=O)/C=C\c2ccccc2)c2ccccc21. The van der Waals surface area contributed by atoms with Crippen LogP contribution in [0.2, 0.25) is 0 Å². The molecule has 3 aromatic carbocycles. The van der Waals surface area contributed by atoms with E-state index in [1.54, 1.807) is 23.1 Å². The number of rotatable bonds is 6. The fourth-order valence-corrected chi connectivity index (χ4v) is 3.86. The average Bonchev–Trinajstić information content (AvgIpc) is 2.96. The molecule has 4 heteroatoms. The lowest BCUT2D eigenvalue weighted by molar-refractivity contribution is -0.140. The second-order valence-electron chi connectivity index (χ2n) is 7.58. The summed E-state index contributed by atoms with van der Waals surface area (Å²) < 4.78 is 0. The van der Waals surface area contributed by atoms with Crippen molar-refractivity contribution in [2.75, 3.05) is 4.90 Å². The molecule has 1 aliphatic heterocycles. The number of anilines is 1. The molecule has 0 saturated carbocycles. The summed E-state index contributed by atoms with van der Waals surface area (Å²) in [6, 6.07) is 24.4. The van der Waals surface area contributed by atoms with Crippen LogP contribution in [0.15, 0.2) is 84.9 Å². The number of aliphatic hydroxyl groups is 1. The molecule has 0 aromatic heterocycles. The Balaban J connectivity index is 1.61. The summed E-state index contributed by atoms with van der Waals surface area (Å²) >= 11 is 0. The summed E-state index contributed by atoms with van der Waals surface area (Å²) in [6.45, 7) is 2.34. The molecule has 0 bridgehead atoms. The fourth-order valence-electron chi connectivity index (χ4n) is 3.86. The number of benzene rings is 3. The number of carbonyl (C=O) groups excluding carboxylic acids is 2. The number of hydrogen-bond acceptors (Lipinski definition) is 3. The zero-order valence-corrected chi connectivity index (χ0v) is 16.8. The van der Waals surface area contributed by atoms with Gasteiger partial charge in [-0.15, -0.1) is 0 Å². The number of amides is 1. The molecule has 1 heterocycles. The Morgan fingerprint density at radius 3 is 2.40 bits per heavy atom. The first-order valence-corrected chi connectivity index (χ1v) is 9.93. The third-order valence-electron chi connectivity index (χ3n) is 5.52. The zero-order valence-electron chi connectivity index (χ0n) is 16.8.